The summed E-state index contributed by atoms with van der Waals surface area (Å²) in [6.07, 6.45) is 0. The van der Waals surface area contributed by atoms with E-state index in [2.05, 4.69) is 140 Å². The minimum atomic E-state index is 0.911. The minimum absolute atomic E-state index is 0.911. The maximum Gasteiger partial charge on any atom is 0.135 e. The molecule has 8 aromatic rings. The van der Waals surface area contributed by atoms with Crippen LogP contribution in [0.4, 0.5) is 0 Å². The number of hydrogen-bond donors (Lipinski definition) is 0. The molecule has 0 aliphatic carbocycles. The molecule has 1 heterocycles. The van der Waals surface area contributed by atoms with E-state index in [1.54, 1.807) is 0 Å². The average molecular weight is 521 g/mol. The third kappa shape index (κ3) is 3.18. The van der Waals surface area contributed by atoms with Crippen molar-refractivity contribution in [2.45, 2.75) is 0 Å². The molecule has 1 aliphatic rings. The summed E-state index contributed by atoms with van der Waals surface area (Å²) in [4.78, 5) is 0. The highest BCUT2D eigenvalue weighted by atomic mass is 16.5. The molecule has 0 saturated carbocycles. The van der Waals surface area contributed by atoms with Crippen molar-refractivity contribution in [2.75, 3.05) is 0 Å². The molecular weight excluding hydrogens is 496 g/mol. The fourth-order valence-corrected chi connectivity index (χ4v) is 6.94. The molecule has 0 bridgehead atoms. The summed E-state index contributed by atoms with van der Waals surface area (Å²) in [5, 5.41) is 9.98. The van der Waals surface area contributed by atoms with Crippen molar-refractivity contribution < 1.29 is 4.74 Å². The summed E-state index contributed by atoms with van der Waals surface area (Å²) in [5.74, 6) is 1.83. The van der Waals surface area contributed by atoms with E-state index in [-0.39, 0.29) is 0 Å². The topological polar surface area (TPSA) is 9.23 Å². The van der Waals surface area contributed by atoms with E-state index in [1.807, 2.05) is 6.07 Å². The molecule has 0 aromatic heterocycles. The van der Waals surface area contributed by atoms with Gasteiger partial charge in [0.1, 0.15) is 11.5 Å². The highest BCUT2D eigenvalue weighted by Gasteiger charge is 2.24. The van der Waals surface area contributed by atoms with Crippen LogP contribution in [-0.4, -0.2) is 0 Å². The molecule has 8 aromatic carbocycles. The van der Waals surface area contributed by atoms with Gasteiger partial charge >= 0.3 is 0 Å². The molecule has 190 valence electrons. The standard InChI is InChI=1S/C40H24O/c1-2-12-26(13-3-1)37-30-16-6-7-17-32(30)40(39-27-14-5-4-11-25(27)21-22-34(37)39)33-23-24-36-38-29(18-10-19-31(33)38)28-15-8-9-20-35(28)41-36/h1-24H. The number of fused-ring (bicyclic) bond motifs is 6. The maximum absolute atomic E-state index is 6.46. The van der Waals surface area contributed by atoms with Gasteiger partial charge in [-0.15, -0.1) is 0 Å². The van der Waals surface area contributed by atoms with Crippen molar-refractivity contribution >= 4 is 43.1 Å². The quantitative estimate of drug-likeness (QED) is 0.163. The monoisotopic (exact) mass is 520 g/mol. The van der Waals surface area contributed by atoms with Gasteiger partial charge in [-0.05, 0) is 83.7 Å². The summed E-state index contributed by atoms with van der Waals surface area (Å²) in [7, 11) is 0. The van der Waals surface area contributed by atoms with Gasteiger partial charge in [0.25, 0.3) is 0 Å². The summed E-state index contributed by atoms with van der Waals surface area (Å²) in [6.45, 7) is 0. The van der Waals surface area contributed by atoms with Crippen molar-refractivity contribution in [3.63, 3.8) is 0 Å². The van der Waals surface area contributed by atoms with E-state index >= 15 is 0 Å². The Kier molecular flexibility index (Phi) is 4.67. The van der Waals surface area contributed by atoms with Gasteiger partial charge in [0.2, 0.25) is 0 Å². The molecule has 0 spiro atoms. The molecular formula is C40H24O. The first-order valence-corrected chi connectivity index (χ1v) is 14.1. The van der Waals surface area contributed by atoms with Crippen LogP contribution in [-0.2, 0) is 0 Å². The molecule has 9 rings (SSSR count). The Morgan fingerprint density at radius 2 is 1.00 bits per heavy atom. The molecule has 0 N–H and O–H groups in total. The van der Waals surface area contributed by atoms with Gasteiger partial charge in [0.15, 0.2) is 0 Å². The van der Waals surface area contributed by atoms with Crippen LogP contribution in [0.25, 0.3) is 76.5 Å². The zero-order chi connectivity index (χ0) is 26.9. The lowest BCUT2D eigenvalue weighted by atomic mass is 9.82. The van der Waals surface area contributed by atoms with Crippen LogP contribution in [0.15, 0.2) is 146 Å². The zero-order valence-electron chi connectivity index (χ0n) is 22.3. The van der Waals surface area contributed by atoms with E-state index in [0.29, 0.717) is 0 Å². The lowest BCUT2D eigenvalue weighted by Crippen LogP contribution is -1.98. The van der Waals surface area contributed by atoms with Crippen LogP contribution in [0.2, 0.25) is 0 Å². The van der Waals surface area contributed by atoms with Crippen molar-refractivity contribution in [3.05, 3.63) is 146 Å². The minimum Gasteiger partial charge on any atom is -0.456 e. The maximum atomic E-state index is 6.46. The molecule has 0 radical (unpaired) electrons. The van der Waals surface area contributed by atoms with Crippen LogP contribution in [0.3, 0.4) is 0 Å². The van der Waals surface area contributed by atoms with Crippen LogP contribution in [0.1, 0.15) is 0 Å². The SMILES string of the molecule is c1ccc(-c2c3ccccc3c(-c3ccc4c5c(cccc35)-c3ccccc3O4)c3c2ccc2ccccc23)cc1. The van der Waals surface area contributed by atoms with Gasteiger partial charge in [-0.1, -0.05) is 127 Å². The fraction of sp³-hybridized carbons (Fsp3) is 0. The van der Waals surface area contributed by atoms with E-state index in [9.17, 15) is 0 Å². The van der Waals surface area contributed by atoms with Gasteiger partial charge in [0, 0.05) is 10.9 Å². The normalized spacial score (nSPS) is 12.1. The number of hydrogen-bond acceptors (Lipinski definition) is 1. The summed E-state index contributed by atoms with van der Waals surface area (Å²) in [6, 6.07) is 52.5. The third-order valence-corrected chi connectivity index (χ3v) is 8.65. The smallest absolute Gasteiger partial charge is 0.135 e. The van der Waals surface area contributed by atoms with Crippen LogP contribution in [0.5, 0.6) is 11.5 Å². The van der Waals surface area contributed by atoms with Crippen LogP contribution in [0, 0.1) is 0 Å². The Balaban J connectivity index is 1.50. The second kappa shape index (κ2) is 8.55. The fourth-order valence-electron chi connectivity index (χ4n) is 6.94. The number of ether oxygens (including phenoxy) is 1. The molecule has 0 unspecified atom stereocenters. The number of para-hydroxylation sites is 1. The Hall–Kier alpha value is -5.40. The third-order valence-electron chi connectivity index (χ3n) is 8.65. The molecule has 0 fully saturated rings. The lowest BCUT2D eigenvalue weighted by molar-refractivity contribution is 0.487. The second-order valence-corrected chi connectivity index (χ2v) is 10.8. The molecule has 1 nitrogen and oxygen atoms in total. The zero-order valence-corrected chi connectivity index (χ0v) is 22.3. The molecule has 0 saturated heterocycles. The Morgan fingerprint density at radius 1 is 0.317 bits per heavy atom. The summed E-state index contributed by atoms with van der Waals surface area (Å²) in [5.41, 5.74) is 7.38. The lowest BCUT2D eigenvalue weighted by Gasteiger charge is -2.24. The van der Waals surface area contributed by atoms with E-state index < -0.39 is 0 Å². The first kappa shape index (κ1) is 22.4. The van der Waals surface area contributed by atoms with Crippen LogP contribution < -0.4 is 4.74 Å². The number of benzene rings is 8. The molecule has 0 amide bonds. The van der Waals surface area contributed by atoms with Gasteiger partial charge < -0.3 is 4.74 Å². The molecule has 0 atom stereocenters. The van der Waals surface area contributed by atoms with Gasteiger partial charge in [-0.3, -0.25) is 0 Å². The van der Waals surface area contributed by atoms with E-state index in [1.165, 1.54) is 70.9 Å². The average Bonchev–Trinajstić information content (AvgIpc) is 3.04. The van der Waals surface area contributed by atoms with Crippen molar-refractivity contribution in [1.82, 2.24) is 0 Å². The van der Waals surface area contributed by atoms with Crippen molar-refractivity contribution in [1.29, 1.82) is 0 Å². The molecule has 1 heteroatoms. The molecule has 1 aliphatic heterocycles. The Labute approximate surface area is 237 Å². The predicted molar refractivity (Wildman–Crippen MR) is 173 cm³/mol. The van der Waals surface area contributed by atoms with Crippen molar-refractivity contribution in [3.8, 4) is 44.9 Å². The summed E-state index contributed by atoms with van der Waals surface area (Å²) >= 11 is 0. The van der Waals surface area contributed by atoms with Gasteiger partial charge in [-0.25, -0.2) is 0 Å². The first-order chi connectivity index (χ1) is 20.4. The van der Waals surface area contributed by atoms with Crippen molar-refractivity contribution in [2.24, 2.45) is 0 Å². The van der Waals surface area contributed by atoms with Gasteiger partial charge in [0.05, 0.1) is 0 Å². The first-order valence-electron chi connectivity index (χ1n) is 14.1. The van der Waals surface area contributed by atoms with E-state index in [0.717, 1.165) is 17.1 Å². The van der Waals surface area contributed by atoms with E-state index in [4.69, 9.17) is 4.74 Å². The second-order valence-electron chi connectivity index (χ2n) is 10.8. The predicted octanol–water partition coefficient (Wildman–Crippen LogP) is 11.4. The van der Waals surface area contributed by atoms with Crippen LogP contribution >= 0.6 is 0 Å². The Bertz CT molecular complexity index is 2330. The Morgan fingerprint density at radius 3 is 1.88 bits per heavy atom. The molecule has 41 heavy (non-hydrogen) atoms. The number of rotatable bonds is 2. The summed E-state index contributed by atoms with van der Waals surface area (Å²) < 4.78 is 6.46. The van der Waals surface area contributed by atoms with Gasteiger partial charge in [-0.2, -0.15) is 0 Å². The highest BCUT2D eigenvalue weighted by molar-refractivity contribution is 6.30. The highest BCUT2D eigenvalue weighted by Crippen LogP contribution is 2.52. The largest absolute Gasteiger partial charge is 0.456 e.